The van der Waals surface area contributed by atoms with Gasteiger partial charge in [-0.3, -0.25) is 4.79 Å². The molecule has 0 aromatic carbocycles. The topological polar surface area (TPSA) is 64.9 Å². The molecule has 4 nitrogen and oxygen atoms in total. The number of nitrogens with one attached hydrogen (secondary N) is 2. The summed E-state index contributed by atoms with van der Waals surface area (Å²) in [6.07, 6.45) is 0. The molecule has 0 bridgehead atoms. The number of nitrogens with zero attached hydrogens (tertiary/aromatic N) is 1. The summed E-state index contributed by atoms with van der Waals surface area (Å²) >= 11 is 0. The van der Waals surface area contributed by atoms with Gasteiger partial charge in [0, 0.05) is 6.54 Å². The van der Waals surface area contributed by atoms with Crippen molar-refractivity contribution < 1.29 is 4.79 Å². The van der Waals surface area contributed by atoms with Crippen LogP contribution in [0.3, 0.4) is 0 Å². The second kappa shape index (κ2) is 4.73. The van der Waals surface area contributed by atoms with Crippen LogP contribution in [-0.2, 0) is 4.79 Å². The Kier molecular flexibility index (Phi) is 4.30. The van der Waals surface area contributed by atoms with Gasteiger partial charge < -0.3 is 10.6 Å². The van der Waals surface area contributed by atoms with E-state index in [1.165, 1.54) is 0 Å². The first kappa shape index (κ1) is 10.9. The van der Waals surface area contributed by atoms with Crippen LogP contribution in [0.25, 0.3) is 0 Å². The number of amides is 1. The first-order valence-corrected chi connectivity index (χ1v) is 3.84. The molecule has 12 heavy (non-hydrogen) atoms. The van der Waals surface area contributed by atoms with Crippen LogP contribution in [0.5, 0.6) is 0 Å². The molecule has 0 rings (SSSR count). The average Bonchev–Trinajstić information content (AvgIpc) is 2.02. The predicted octanol–water partition coefficient (Wildman–Crippen LogP) is -0.128. The number of carbonyl (C=O) groups is 1. The van der Waals surface area contributed by atoms with Gasteiger partial charge in [-0.2, -0.15) is 5.26 Å². The highest BCUT2D eigenvalue weighted by Crippen LogP contribution is 2.09. The normalized spacial score (nSPS) is 10.5. The number of hydrogen-bond acceptors (Lipinski definition) is 3. The molecule has 0 heterocycles. The molecule has 0 unspecified atom stereocenters. The van der Waals surface area contributed by atoms with E-state index in [0.717, 1.165) is 0 Å². The first-order chi connectivity index (χ1) is 5.52. The summed E-state index contributed by atoms with van der Waals surface area (Å²) < 4.78 is 0. The molecular formula is C8H15N3O. The Labute approximate surface area is 72.9 Å². The van der Waals surface area contributed by atoms with Gasteiger partial charge in [0.15, 0.2) is 0 Å². The Balaban J connectivity index is 3.70. The van der Waals surface area contributed by atoms with Crippen molar-refractivity contribution >= 4 is 5.91 Å². The van der Waals surface area contributed by atoms with Gasteiger partial charge in [-0.05, 0) is 20.9 Å². The maximum atomic E-state index is 10.9. The minimum absolute atomic E-state index is 0.0826. The van der Waals surface area contributed by atoms with E-state index >= 15 is 0 Å². The fraction of sp³-hybridized carbons (Fsp3) is 0.750. The number of rotatable bonds is 4. The summed E-state index contributed by atoms with van der Waals surface area (Å²) in [4.78, 5) is 10.9. The lowest BCUT2D eigenvalue weighted by molar-refractivity contribution is -0.120. The van der Waals surface area contributed by atoms with Gasteiger partial charge in [-0.1, -0.05) is 0 Å². The summed E-state index contributed by atoms with van der Waals surface area (Å²) in [6.45, 7) is 4.25. The van der Waals surface area contributed by atoms with Gasteiger partial charge in [0.1, 0.15) is 0 Å². The van der Waals surface area contributed by atoms with Gasteiger partial charge in [0.05, 0.1) is 18.0 Å². The SMILES string of the molecule is CNCC(=O)NCC(C)(C)C#N. The van der Waals surface area contributed by atoms with Crippen LogP contribution in [0, 0.1) is 16.7 Å². The van der Waals surface area contributed by atoms with Crippen molar-refractivity contribution in [2.45, 2.75) is 13.8 Å². The summed E-state index contributed by atoms with van der Waals surface area (Å²) in [7, 11) is 1.70. The number of hydrogen-bond donors (Lipinski definition) is 2. The van der Waals surface area contributed by atoms with Crippen LogP contribution >= 0.6 is 0 Å². The van der Waals surface area contributed by atoms with Crippen molar-refractivity contribution in [1.82, 2.24) is 10.6 Å². The zero-order valence-electron chi connectivity index (χ0n) is 7.77. The number of carbonyl (C=O) groups excluding carboxylic acids is 1. The summed E-state index contributed by atoms with van der Waals surface area (Å²) in [5.74, 6) is -0.0826. The third-order valence-electron chi connectivity index (χ3n) is 1.37. The third-order valence-corrected chi connectivity index (χ3v) is 1.37. The molecule has 0 aromatic rings. The zero-order chi connectivity index (χ0) is 9.61. The molecule has 0 aliphatic heterocycles. The first-order valence-electron chi connectivity index (χ1n) is 3.84. The molecule has 0 radical (unpaired) electrons. The highest BCUT2D eigenvalue weighted by atomic mass is 16.1. The minimum atomic E-state index is -0.483. The van der Waals surface area contributed by atoms with E-state index < -0.39 is 5.41 Å². The van der Waals surface area contributed by atoms with Gasteiger partial charge in [-0.25, -0.2) is 0 Å². The van der Waals surface area contributed by atoms with Crippen molar-refractivity contribution in [2.24, 2.45) is 5.41 Å². The zero-order valence-corrected chi connectivity index (χ0v) is 7.77. The molecule has 2 N–H and O–H groups in total. The lowest BCUT2D eigenvalue weighted by Gasteiger charge is -2.15. The van der Waals surface area contributed by atoms with Gasteiger partial charge in [-0.15, -0.1) is 0 Å². The molecule has 0 fully saturated rings. The highest BCUT2D eigenvalue weighted by molar-refractivity contribution is 5.77. The van der Waals surface area contributed by atoms with E-state index in [2.05, 4.69) is 16.7 Å². The fourth-order valence-electron chi connectivity index (χ4n) is 0.582. The van der Waals surface area contributed by atoms with E-state index in [4.69, 9.17) is 5.26 Å². The second-order valence-electron chi connectivity index (χ2n) is 3.30. The lowest BCUT2D eigenvalue weighted by atomic mass is 9.96. The van der Waals surface area contributed by atoms with Crippen LogP contribution < -0.4 is 10.6 Å². The Morgan fingerprint density at radius 2 is 2.17 bits per heavy atom. The monoisotopic (exact) mass is 169 g/mol. The Morgan fingerprint density at radius 3 is 2.58 bits per heavy atom. The summed E-state index contributed by atoms with van der Waals surface area (Å²) in [5.41, 5.74) is -0.483. The maximum Gasteiger partial charge on any atom is 0.234 e. The van der Waals surface area contributed by atoms with Crippen LogP contribution in [0.15, 0.2) is 0 Å². The van der Waals surface area contributed by atoms with E-state index in [1.807, 2.05) is 0 Å². The molecule has 0 saturated heterocycles. The Hall–Kier alpha value is -1.08. The van der Waals surface area contributed by atoms with Crippen LogP contribution in [0.4, 0.5) is 0 Å². The lowest BCUT2D eigenvalue weighted by Crippen LogP contribution is -2.37. The molecule has 68 valence electrons. The molecule has 0 atom stereocenters. The quantitative estimate of drug-likeness (QED) is 0.616. The van der Waals surface area contributed by atoms with Crippen molar-refractivity contribution in [3.05, 3.63) is 0 Å². The fourth-order valence-corrected chi connectivity index (χ4v) is 0.582. The van der Waals surface area contributed by atoms with E-state index in [-0.39, 0.29) is 5.91 Å². The van der Waals surface area contributed by atoms with Gasteiger partial charge >= 0.3 is 0 Å². The molecular weight excluding hydrogens is 154 g/mol. The molecule has 0 spiro atoms. The van der Waals surface area contributed by atoms with Gasteiger partial charge in [0.25, 0.3) is 0 Å². The van der Waals surface area contributed by atoms with Crippen LogP contribution in [-0.4, -0.2) is 26.0 Å². The van der Waals surface area contributed by atoms with E-state index in [0.29, 0.717) is 13.1 Å². The van der Waals surface area contributed by atoms with Crippen LogP contribution in [0.1, 0.15) is 13.8 Å². The maximum absolute atomic E-state index is 10.9. The minimum Gasteiger partial charge on any atom is -0.353 e. The Bertz CT molecular complexity index is 193. The van der Waals surface area contributed by atoms with E-state index in [9.17, 15) is 4.79 Å². The van der Waals surface area contributed by atoms with Crippen molar-refractivity contribution in [3.8, 4) is 6.07 Å². The van der Waals surface area contributed by atoms with Crippen molar-refractivity contribution in [3.63, 3.8) is 0 Å². The van der Waals surface area contributed by atoms with Crippen molar-refractivity contribution in [1.29, 1.82) is 5.26 Å². The molecule has 4 heteroatoms. The number of likely N-dealkylation sites (N-methyl/N-ethyl adjacent to an activating group) is 1. The van der Waals surface area contributed by atoms with Crippen molar-refractivity contribution in [2.75, 3.05) is 20.1 Å². The Morgan fingerprint density at radius 1 is 1.58 bits per heavy atom. The summed E-state index contributed by atoms with van der Waals surface area (Å²) in [6, 6.07) is 2.10. The third kappa shape index (κ3) is 4.69. The molecule has 1 amide bonds. The molecule has 0 aliphatic rings. The second-order valence-corrected chi connectivity index (χ2v) is 3.30. The standard InChI is InChI=1S/C8H15N3O/c1-8(2,5-9)6-11-7(12)4-10-3/h10H,4,6H2,1-3H3,(H,11,12). The van der Waals surface area contributed by atoms with Crippen LogP contribution in [0.2, 0.25) is 0 Å². The summed E-state index contributed by atoms with van der Waals surface area (Å²) in [5, 5.41) is 14.0. The predicted molar refractivity (Wildman–Crippen MR) is 46.3 cm³/mol. The van der Waals surface area contributed by atoms with E-state index in [1.54, 1.807) is 20.9 Å². The molecule has 0 aromatic heterocycles. The number of nitriles is 1. The largest absolute Gasteiger partial charge is 0.353 e. The molecule has 0 aliphatic carbocycles. The average molecular weight is 169 g/mol. The molecule has 0 saturated carbocycles. The smallest absolute Gasteiger partial charge is 0.234 e. The van der Waals surface area contributed by atoms with Gasteiger partial charge in [0.2, 0.25) is 5.91 Å². The highest BCUT2D eigenvalue weighted by Gasteiger charge is 2.16.